The quantitative estimate of drug-likeness (QED) is 0.739. The summed E-state index contributed by atoms with van der Waals surface area (Å²) in [5.74, 6) is 0.189. The lowest BCUT2D eigenvalue weighted by molar-refractivity contribution is -0.138. The van der Waals surface area contributed by atoms with Gasteiger partial charge >= 0.3 is 0 Å². The smallest absolute Gasteiger partial charge is 0.278 e. The van der Waals surface area contributed by atoms with Crippen molar-refractivity contribution in [3.05, 3.63) is 65.6 Å². The Labute approximate surface area is 175 Å². The number of amides is 2. The molecule has 7 nitrogen and oxygen atoms in total. The van der Waals surface area contributed by atoms with Crippen LogP contribution in [-0.4, -0.2) is 58.5 Å². The van der Waals surface area contributed by atoms with Crippen molar-refractivity contribution in [3.63, 3.8) is 0 Å². The third kappa shape index (κ3) is 3.80. The van der Waals surface area contributed by atoms with Crippen molar-refractivity contribution in [1.29, 1.82) is 0 Å². The lowest BCUT2D eigenvalue weighted by Gasteiger charge is -2.34. The lowest BCUT2D eigenvalue weighted by Crippen LogP contribution is -2.40. The van der Waals surface area contributed by atoms with Gasteiger partial charge in [-0.15, -0.1) is 0 Å². The maximum atomic E-state index is 13.4. The number of ether oxygens (including phenoxy) is 1. The SMILES string of the molecule is COc1ccc(C2=C(N3CCCC(CO)C3)C(=O)N(Cc3ccncc3)C2=O)cc1. The van der Waals surface area contributed by atoms with Crippen LogP contribution in [0.15, 0.2) is 54.5 Å². The fraction of sp³-hybridized carbons (Fsp3) is 0.348. The van der Waals surface area contributed by atoms with Gasteiger partial charge in [-0.1, -0.05) is 12.1 Å². The van der Waals surface area contributed by atoms with E-state index in [0.717, 1.165) is 18.4 Å². The first-order valence-electron chi connectivity index (χ1n) is 10.1. The van der Waals surface area contributed by atoms with Gasteiger partial charge in [-0.05, 0) is 54.2 Å². The molecule has 2 amide bonds. The number of aromatic nitrogens is 1. The minimum absolute atomic E-state index is 0.0739. The molecule has 1 aromatic carbocycles. The molecule has 156 valence electrons. The van der Waals surface area contributed by atoms with Crippen LogP contribution in [0.25, 0.3) is 5.57 Å². The van der Waals surface area contributed by atoms with Gasteiger partial charge in [0.25, 0.3) is 11.8 Å². The second-order valence-electron chi connectivity index (χ2n) is 7.64. The van der Waals surface area contributed by atoms with Crippen LogP contribution >= 0.6 is 0 Å². The van der Waals surface area contributed by atoms with Gasteiger partial charge in [0.1, 0.15) is 11.4 Å². The van der Waals surface area contributed by atoms with E-state index in [-0.39, 0.29) is 30.9 Å². The summed E-state index contributed by atoms with van der Waals surface area (Å²) in [6, 6.07) is 10.8. The third-order valence-corrected chi connectivity index (χ3v) is 5.71. The summed E-state index contributed by atoms with van der Waals surface area (Å²) in [7, 11) is 1.59. The van der Waals surface area contributed by atoms with Crippen LogP contribution in [0.5, 0.6) is 5.75 Å². The first-order chi connectivity index (χ1) is 14.6. The van der Waals surface area contributed by atoms with Crippen molar-refractivity contribution in [1.82, 2.24) is 14.8 Å². The summed E-state index contributed by atoms with van der Waals surface area (Å²) in [5.41, 5.74) is 2.37. The number of carbonyl (C=O) groups is 2. The average Bonchev–Trinajstić information content (AvgIpc) is 3.04. The van der Waals surface area contributed by atoms with Crippen LogP contribution in [-0.2, 0) is 16.1 Å². The summed E-state index contributed by atoms with van der Waals surface area (Å²) >= 11 is 0. The molecule has 1 unspecified atom stereocenters. The summed E-state index contributed by atoms with van der Waals surface area (Å²) in [4.78, 5) is 34.1. The topological polar surface area (TPSA) is 83.0 Å². The highest BCUT2D eigenvalue weighted by atomic mass is 16.5. The van der Waals surface area contributed by atoms with Gasteiger partial charge in [-0.2, -0.15) is 0 Å². The maximum Gasteiger partial charge on any atom is 0.278 e. The molecule has 30 heavy (non-hydrogen) atoms. The van der Waals surface area contributed by atoms with Crippen LogP contribution in [0.1, 0.15) is 24.0 Å². The second kappa shape index (κ2) is 8.67. The molecule has 3 heterocycles. The van der Waals surface area contributed by atoms with E-state index in [2.05, 4.69) is 4.98 Å². The number of rotatable bonds is 6. The molecule has 7 heteroatoms. The Balaban J connectivity index is 1.73. The fourth-order valence-electron chi connectivity index (χ4n) is 4.11. The number of likely N-dealkylation sites (tertiary alicyclic amines) is 1. The van der Waals surface area contributed by atoms with Crippen LogP contribution in [0.3, 0.4) is 0 Å². The number of aliphatic hydroxyl groups is 1. The number of aliphatic hydroxyl groups excluding tert-OH is 1. The van der Waals surface area contributed by atoms with Crippen molar-refractivity contribution >= 4 is 17.4 Å². The van der Waals surface area contributed by atoms with E-state index in [4.69, 9.17) is 4.74 Å². The number of pyridine rings is 1. The van der Waals surface area contributed by atoms with Crippen LogP contribution in [0, 0.1) is 5.92 Å². The Hall–Kier alpha value is -3.19. The largest absolute Gasteiger partial charge is 0.497 e. The van der Waals surface area contributed by atoms with Gasteiger partial charge in [-0.3, -0.25) is 19.5 Å². The zero-order chi connectivity index (χ0) is 21.1. The number of methoxy groups -OCH3 is 1. The third-order valence-electron chi connectivity index (χ3n) is 5.71. The number of hydrogen-bond acceptors (Lipinski definition) is 6. The number of imide groups is 1. The predicted molar refractivity (Wildman–Crippen MR) is 111 cm³/mol. The molecule has 2 aromatic rings. The molecular weight excluding hydrogens is 382 g/mol. The molecular formula is C23H25N3O4. The molecule has 1 saturated heterocycles. The molecule has 0 bridgehead atoms. The van der Waals surface area contributed by atoms with E-state index < -0.39 is 0 Å². The zero-order valence-electron chi connectivity index (χ0n) is 17.0. The number of nitrogens with zero attached hydrogens (tertiary/aromatic N) is 3. The highest BCUT2D eigenvalue weighted by Gasteiger charge is 2.42. The summed E-state index contributed by atoms with van der Waals surface area (Å²) in [6.07, 6.45) is 5.09. The Morgan fingerprint density at radius 1 is 1.10 bits per heavy atom. The van der Waals surface area contributed by atoms with E-state index in [0.29, 0.717) is 35.7 Å². The van der Waals surface area contributed by atoms with Crippen molar-refractivity contribution in [2.75, 3.05) is 26.8 Å². The number of hydrogen-bond donors (Lipinski definition) is 1. The van der Waals surface area contributed by atoms with Crippen molar-refractivity contribution in [2.45, 2.75) is 19.4 Å². The van der Waals surface area contributed by atoms with E-state index >= 15 is 0 Å². The molecule has 1 aromatic heterocycles. The molecule has 0 radical (unpaired) electrons. The van der Waals surface area contributed by atoms with Gasteiger partial charge in [0.05, 0.1) is 19.2 Å². The standard InChI is InChI=1S/C23H25N3O4/c1-30-19-6-4-18(5-7-19)20-21(25-12-2-3-17(13-25)15-27)23(29)26(22(20)28)14-16-8-10-24-11-9-16/h4-11,17,27H,2-3,12-15H2,1H3. The molecule has 1 atom stereocenters. The molecule has 1 fully saturated rings. The second-order valence-corrected chi connectivity index (χ2v) is 7.64. The highest BCUT2D eigenvalue weighted by molar-refractivity contribution is 6.35. The Morgan fingerprint density at radius 2 is 1.83 bits per heavy atom. The van der Waals surface area contributed by atoms with Gasteiger partial charge in [-0.25, -0.2) is 0 Å². The maximum absolute atomic E-state index is 13.4. The van der Waals surface area contributed by atoms with Gasteiger partial charge < -0.3 is 14.7 Å². The monoisotopic (exact) mass is 407 g/mol. The lowest BCUT2D eigenvalue weighted by atomic mass is 9.97. The van der Waals surface area contributed by atoms with Crippen LogP contribution in [0.4, 0.5) is 0 Å². The molecule has 2 aliphatic rings. The van der Waals surface area contributed by atoms with Crippen molar-refractivity contribution in [2.24, 2.45) is 5.92 Å². The van der Waals surface area contributed by atoms with Crippen LogP contribution in [0.2, 0.25) is 0 Å². The molecule has 2 aliphatic heterocycles. The fourth-order valence-corrected chi connectivity index (χ4v) is 4.11. The minimum Gasteiger partial charge on any atom is -0.497 e. The Morgan fingerprint density at radius 3 is 2.50 bits per heavy atom. The normalized spacial score (nSPS) is 19.6. The van der Waals surface area contributed by atoms with Crippen molar-refractivity contribution in [3.8, 4) is 5.75 Å². The minimum atomic E-state index is -0.303. The summed E-state index contributed by atoms with van der Waals surface area (Å²) < 4.78 is 5.23. The Bertz CT molecular complexity index is 956. The van der Waals surface area contributed by atoms with E-state index in [1.165, 1.54) is 4.90 Å². The molecule has 1 N–H and O–H groups in total. The van der Waals surface area contributed by atoms with E-state index in [1.807, 2.05) is 17.0 Å². The first-order valence-corrected chi connectivity index (χ1v) is 10.1. The van der Waals surface area contributed by atoms with Gasteiger partial charge in [0.2, 0.25) is 0 Å². The van der Waals surface area contributed by atoms with Crippen molar-refractivity contribution < 1.29 is 19.4 Å². The highest BCUT2D eigenvalue weighted by Crippen LogP contribution is 2.35. The Kier molecular flexibility index (Phi) is 5.81. The average molecular weight is 407 g/mol. The van der Waals surface area contributed by atoms with E-state index in [1.54, 1.807) is 43.8 Å². The first kappa shape index (κ1) is 20.1. The molecule has 4 rings (SSSR count). The zero-order valence-corrected chi connectivity index (χ0v) is 17.0. The number of piperidine rings is 1. The van der Waals surface area contributed by atoms with Gasteiger partial charge in [0, 0.05) is 32.1 Å². The number of carbonyl (C=O) groups excluding carboxylic acids is 2. The van der Waals surface area contributed by atoms with Gasteiger partial charge in [0.15, 0.2) is 0 Å². The predicted octanol–water partition coefficient (Wildman–Crippen LogP) is 2.07. The van der Waals surface area contributed by atoms with Crippen LogP contribution < -0.4 is 4.74 Å². The molecule has 0 saturated carbocycles. The molecule has 0 spiro atoms. The summed E-state index contributed by atoms with van der Waals surface area (Å²) in [5, 5.41) is 9.63. The van der Waals surface area contributed by atoms with E-state index in [9.17, 15) is 14.7 Å². The molecule has 0 aliphatic carbocycles. The number of benzene rings is 1. The summed E-state index contributed by atoms with van der Waals surface area (Å²) in [6.45, 7) is 1.52.